The molecule has 0 radical (unpaired) electrons. The lowest BCUT2D eigenvalue weighted by Gasteiger charge is -2.30. The summed E-state index contributed by atoms with van der Waals surface area (Å²) in [4.78, 5) is 25.3. The van der Waals surface area contributed by atoms with Crippen molar-refractivity contribution in [1.82, 2.24) is 9.80 Å². The Hall–Kier alpha value is -2.11. The highest BCUT2D eigenvalue weighted by molar-refractivity contribution is 5.75. The molecule has 0 aromatic heterocycles. The number of carbonyl (C=O) groups is 2. The largest absolute Gasteiger partial charge is 0.481 e. The van der Waals surface area contributed by atoms with Gasteiger partial charge in [0, 0.05) is 26.2 Å². The molecule has 0 spiro atoms. The molecule has 1 N–H and O–H groups in total. The summed E-state index contributed by atoms with van der Waals surface area (Å²) in [6, 6.07) is 5.49. The summed E-state index contributed by atoms with van der Waals surface area (Å²) >= 11 is 0. The number of carboxylic acids is 1. The van der Waals surface area contributed by atoms with E-state index in [1.165, 1.54) is 22.9 Å². The zero-order valence-electron chi connectivity index (χ0n) is 11.8. The Morgan fingerprint density at radius 3 is 2.45 bits per heavy atom. The molecule has 0 heterocycles. The van der Waals surface area contributed by atoms with E-state index >= 15 is 0 Å². The van der Waals surface area contributed by atoms with Gasteiger partial charge in [0.05, 0.1) is 12.5 Å². The van der Waals surface area contributed by atoms with Gasteiger partial charge in [0.15, 0.2) is 0 Å². The van der Waals surface area contributed by atoms with Crippen molar-refractivity contribution in [1.29, 1.82) is 0 Å². The van der Waals surface area contributed by atoms with E-state index in [0.717, 1.165) is 0 Å². The molecule has 0 saturated heterocycles. The molecule has 0 aliphatic rings. The monoisotopic (exact) mass is 282 g/mol. The van der Waals surface area contributed by atoms with E-state index in [1.54, 1.807) is 32.2 Å². The number of rotatable bonds is 5. The van der Waals surface area contributed by atoms with Crippen molar-refractivity contribution in [3.8, 4) is 0 Å². The lowest BCUT2D eigenvalue weighted by molar-refractivity contribution is -0.137. The molecule has 0 fully saturated rings. The Balaban J connectivity index is 2.73. The van der Waals surface area contributed by atoms with Gasteiger partial charge in [-0.2, -0.15) is 0 Å². The fourth-order valence-corrected chi connectivity index (χ4v) is 1.82. The second-order valence-corrected chi connectivity index (χ2v) is 4.66. The maximum atomic E-state index is 13.7. The summed E-state index contributed by atoms with van der Waals surface area (Å²) in [7, 11) is 3.09. The Morgan fingerprint density at radius 2 is 1.90 bits per heavy atom. The fourth-order valence-electron chi connectivity index (χ4n) is 1.82. The summed E-state index contributed by atoms with van der Waals surface area (Å²) in [6.07, 6.45) is -0.121. The summed E-state index contributed by atoms with van der Waals surface area (Å²) in [5.41, 5.74) is 0.426. The van der Waals surface area contributed by atoms with Gasteiger partial charge in [-0.1, -0.05) is 18.2 Å². The first-order valence-corrected chi connectivity index (χ1v) is 6.28. The third kappa shape index (κ3) is 3.94. The molecule has 0 aliphatic heterocycles. The van der Waals surface area contributed by atoms with Gasteiger partial charge in [-0.15, -0.1) is 0 Å². The summed E-state index contributed by atoms with van der Waals surface area (Å²) in [5, 5.41) is 8.61. The second kappa shape index (κ2) is 6.88. The molecule has 1 aromatic carbocycles. The van der Waals surface area contributed by atoms with Crippen LogP contribution in [0.2, 0.25) is 0 Å². The molecule has 110 valence electrons. The van der Waals surface area contributed by atoms with Crippen molar-refractivity contribution in [2.75, 3.05) is 20.6 Å². The summed E-state index contributed by atoms with van der Waals surface area (Å²) in [5.74, 6) is -1.33. The molecule has 0 aliphatic carbocycles. The first-order valence-electron chi connectivity index (χ1n) is 6.28. The van der Waals surface area contributed by atoms with Crippen LogP contribution in [0.1, 0.15) is 24.9 Å². The van der Waals surface area contributed by atoms with Crippen LogP contribution in [0.15, 0.2) is 24.3 Å². The molecular formula is C14H19FN2O3. The molecule has 6 heteroatoms. The van der Waals surface area contributed by atoms with Crippen molar-refractivity contribution in [2.45, 2.75) is 19.4 Å². The van der Waals surface area contributed by atoms with Crippen LogP contribution in [0.3, 0.4) is 0 Å². The molecular weight excluding hydrogens is 263 g/mol. The van der Waals surface area contributed by atoms with E-state index in [2.05, 4.69) is 0 Å². The number of halogens is 1. The lowest BCUT2D eigenvalue weighted by atomic mass is 10.1. The van der Waals surface area contributed by atoms with Crippen molar-refractivity contribution in [3.63, 3.8) is 0 Å². The minimum Gasteiger partial charge on any atom is -0.481 e. The molecule has 1 unspecified atom stereocenters. The molecule has 5 nitrogen and oxygen atoms in total. The summed E-state index contributed by atoms with van der Waals surface area (Å²) < 4.78 is 13.7. The van der Waals surface area contributed by atoms with Crippen LogP contribution in [0.5, 0.6) is 0 Å². The van der Waals surface area contributed by atoms with Crippen molar-refractivity contribution < 1.29 is 19.1 Å². The van der Waals surface area contributed by atoms with Crippen LogP contribution < -0.4 is 0 Å². The average molecular weight is 282 g/mol. The number of aliphatic carboxylic acids is 1. The molecule has 2 amide bonds. The number of amides is 2. The van der Waals surface area contributed by atoms with Gasteiger partial charge in [0.25, 0.3) is 0 Å². The van der Waals surface area contributed by atoms with Crippen LogP contribution >= 0.6 is 0 Å². The zero-order chi connectivity index (χ0) is 15.3. The average Bonchev–Trinajstić information content (AvgIpc) is 2.42. The van der Waals surface area contributed by atoms with E-state index in [9.17, 15) is 14.0 Å². The van der Waals surface area contributed by atoms with E-state index in [-0.39, 0.29) is 24.8 Å². The number of benzene rings is 1. The van der Waals surface area contributed by atoms with E-state index in [0.29, 0.717) is 5.56 Å². The van der Waals surface area contributed by atoms with E-state index in [1.807, 2.05) is 0 Å². The third-order valence-corrected chi connectivity index (χ3v) is 3.23. The van der Waals surface area contributed by atoms with Gasteiger partial charge >= 0.3 is 12.0 Å². The Bertz CT molecular complexity index is 493. The highest BCUT2D eigenvalue weighted by Gasteiger charge is 2.22. The van der Waals surface area contributed by atoms with Crippen LogP contribution in [0.4, 0.5) is 9.18 Å². The fraction of sp³-hybridized carbons (Fsp3) is 0.429. The topological polar surface area (TPSA) is 60.9 Å². The molecule has 1 aromatic rings. The van der Waals surface area contributed by atoms with Gasteiger partial charge in [0.2, 0.25) is 0 Å². The van der Waals surface area contributed by atoms with Gasteiger partial charge in [-0.05, 0) is 13.0 Å². The Labute approximate surface area is 117 Å². The molecule has 1 atom stereocenters. The lowest BCUT2D eigenvalue weighted by Crippen LogP contribution is -2.41. The number of hydrogen-bond donors (Lipinski definition) is 1. The van der Waals surface area contributed by atoms with Gasteiger partial charge in [0.1, 0.15) is 5.82 Å². The minimum absolute atomic E-state index is 0.114. The highest BCUT2D eigenvalue weighted by Crippen LogP contribution is 2.22. The number of hydrogen-bond acceptors (Lipinski definition) is 2. The smallest absolute Gasteiger partial charge is 0.320 e. The predicted molar refractivity (Wildman–Crippen MR) is 72.9 cm³/mol. The standard InChI is InChI=1S/C14H19FN2O3/c1-10(11-6-4-5-7-12(11)15)17(3)14(20)16(2)9-8-13(18)19/h4-7,10H,8-9H2,1-3H3,(H,18,19). The maximum absolute atomic E-state index is 13.7. The SMILES string of the molecule is CC(c1ccccc1F)N(C)C(=O)N(C)CCC(=O)O. The van der Waals surface area contributed by atoms with Crippen LogP contribution in [-0.4, -0.2) is 47.5 Å². The number of carboxylic acid groups (broad SMARTS) is 1. The second-order valence-electron chi connectivity index (χ2n) is 4.66. The minimum atomic E-state index is -0.963. The van der Waals surface area contributed by atoms with Crippen molar-refractivity contribution >= 4 is 12.0 Å². The van der Waals surface area contributed by atoms with Gasteiger partial charge in [-0.3, -0.25) is 4.79 Å². The highest BCUT2D eigenvalue weighted by atomic mass is 19.1. The summed E-state index contributed by atoms with van der Waals surface area (Å²) in [6.45, 7) is 1.84. The molecule has 0 saturated carbocycles. The zero-order valence-corrected chi connectivity index (χ0v) is 11.8. The normalized spacial score (nSPS) is 11.8. The third-order valence-electron chi connectivity index (χ3n) is 3.23. The molecule has 0 bridgehead atoms. The Kier molecular flexibility index (Phi) is 5.49. The first-order chi connectivity index (χ1) is 9.34. The number of carbonyl (C=O) groups excluding carboxylic acids is 1. The number of nitrogens with zero attached hydrogens (tertiary/aromatic N) is 2. The van der Waals surface area contributed by atoms with Crippen molar-refractivity contribution in [2.24, 2.45) is 0 Å². The van der Waals surface area contributed by atoms with E-state index in [4.69, 9.17) is 5.11 Å². The van der Waals surface area contributed by atoms with Crippen LogP contribution in [0, 0.1) is 5.82 Å². The number of urea groups is 1. The quantitative estimate of drug-likeness (QED) is 0.901. The van der Waals surface area contributed by atoms with Crippen LogP contribution in [-0.2, 0) is 4.79 Å². The van der Waals surface area contributed by atoms with Gasteiger partial charge in [-0.25, -0.2) is 9.18 Å². The van der Waals surface area contributed by atoms with Crippen molar-refractivity contribution in [3.05, 3.63) is 35.6 Å². The molecule has 1 rings (SSSR count). The first kappa shape index (κ1) is 15.9. The van der Waals surface area contributed by atoms with Gasteiger partial charge < -0.3 is 14.9 Å². The van der Waals surface area contributed by atoms with E-state index < -0.39 is 12.0 Å². The predicted octanol–water partition coefficient (Wildman–Crippen LogP) is 2.34. The van der Waals surface area contributed by atoms with Crippen LogP contribution in [0.25, 0.3) is 0 Å². The Morgan fingerprint density at radius 1 is 1.30 bits per heavy atom. The maximum Gasteiger partial charge on any atom is 0.320 e. The molecule has 20 heavy (non-hydrogen) atoms.